The summed E-state index contributed by atoms with van der Waals surface area (Å²) in [5.74, 6) is -0.767. The van der Waals surface area contributed by atoms with Crippen molar-refractivity contribution < 1.29 is 28.2 Å². The van der Waals surface area contributed by atoms with Crippen LogP contribution in [0.2, 0.25) is 0 Å². The number of rotatable bonds is 6. The molecule has 1 heterocycles. The van der Waals surface area contributed by atoms with E-state index in [0.717, 1.165) is 23.4 Å². The Kier molecular flexibility index (Phi) is 6.43. The van der Waals surface area contributed by atoms with Crippen LogP contribution in [0.5, 0.6) is 5.75 Å². The molecular formula is C20H22F2N2O4. The van der Waals surface area contributed by atoms with Gasteiger partial charge in [-0.15, -0.1) is 0 Å². The minimum Gasteiger partial charge on any atom is -0.497 e. The van der Waals surface area contributed by atoms with E-state index in [-0.39, 0.29) is 24.7 Å². The lowest BCUT2D eigenvalue weighted by Crippen LogP contribution is -2.41. The van der Waals surface area contributed by atoms with Crippen LogP contribution >= 0.6 is 0 Å². The standard InChI is InChI=1S/C20H22F2N2O4/c1-27-13-7-5-12(6-8-13)9-17-19(18(25)11-23-17)28-20(26)24-10-14-15(21)3-2-4-16(14)22/h2-8,17-19,23,25H,9-11H2,1H3,(H,24,26)/t17-,18+,19+/m1/s1. The second-order valence-corrected chi connectivity index (χ2v) is 6.56. The van der Waals surface area contributed by atoms with Gasteiger partial charge in [0.2, 0.25) is 0 Å². The maximum atomic E-state index is 13.6. The molecule has 28 heavy (non-hydrogen) atoms. The van der Waals surface area contributed by atoms with Crippen LogP contribution in [0.1, 0.15) is 11.1 Å². The Hall–Kier alpha value is -2.71. The van der Waals surface area contributed by atoms with E-state index in [1.165, 1.54) is 6.07 Å². The molecule has 6 nitrogen and oxygen atoms in total. The van der Waals surface area contributed by atoms with Gasteiger partial charge in [0.05, 0.1) is 19.7 Å². The number of aliphatic hydroxyl groups is 1. The maximum Gasteiger partial charge on any atom is 0.407 e. The molecule has 3 N–H and O–H groups in total. The van der Waals surface area contributed by atoms with Gasteiger partial charge in [0.25, 0.3) is 0 Å². The number of amides is 1. The predicted octanol–water partition coefficient (Wildman–Crippen LogP) is 2.14. The predicted molar refractivity (Wildman–Crippen MR) is 98.0 cm³/mol. The zero-order chi connectivity index (χ0) is 20.1. The summed E-state index contributed by atoms with van der Waals surface area (Å²) in [7, 11) is 1.58. The molecule has 0 saturated carbocycles. The molecule has 0 radical (unpaired) electrons. The van der Waals surface area contributed by atoms with E-state index in [4.69, 9.17) is 9.47 Å². The maximum absolute atomic E-state index is 13.6. The summed E-state index contributed by atoms with van der Waals surface area (Å²) in [6.45, 7) is -0.0720. The number of alkyl carbamates (subject to hydrolysis) is 1. The number of methoxy groups -OCH3 is 1. The van der Waals surface area contributed by atoms with Crippen LogP contribution in [0.25, 0.3) is 0 Å². The van der Waals surface area contributed by atoms with Crippen molar-refractivity contribution in [3.63, 3.8) is 0 Å². The molecule has 1 fully saturated rings. The first-order valence-corrected chi connectivity index (χ1v) is 8.89. The van der Waals surface area contributed by atoms with Crippen molar-refractivity contribution >= 4 is 6.09 Å². The third-order valence-electron chi connectivity index (χ3n) is 4.69. The number of aliphatic hydroxyl groups excluding tert-OH is 1. The van der Waals surface area contributed by atoms with Crippen molar-refractivity contribution in [2.24, 2.45) is 0 Å². The average Bonchev–Trinajstić information content (AvgIpc) is 3.01. The number of halogens is 2. The lowest BCUT2D eigenvalue weighted by Gasteiger charge is -2.22. The van der Waals surface area contributed by atoms with Crippen LogP contribution in [0, 0.1) is 11.6 Å². The molecule has 1 saturated heterocycles. The van der Waals surface area contributed by atoms with E-state index in [2.05, 4.69) is 10.6 Å². The summed E-state index contributed by atoms with van der Waals surface area (Å²) < 4.78 is 37.7. The number of nitrogens with one attached hydrogen (secondary N) is 2. The molecule has 0 spiro atoms. The zero-order valence-corrected chi connectivity index (χ0v) is 15.3. The Labute approximate surface area is 161 Å². The second-order valence-electron chi connectivity index (χ2n) is 6.56. The monoisotopic (exact) mass is 392 g/mol. The first-order chi connectivity index (χ1) is 13.5. The lowest BCUT2D eigenvalue weighted by atomic mass is 10.0. The molecule has 1 aliphatic heterocycles. The van der Waals surface area contributed by atoms with Gasteiger partial charge >= 0.3 is 6.09 Å². The molecule has 2 aromatic rings. The number of carbonyl (C=O) groups is 1. The van der Waals surface area contributed by atoms with Gasteiger partial charge in [0.15, 0.2) is 0 Å². The molecule has 150 valence electrons. The van der Waals surface area contributed by atoms with E-state index in [1.54, 1.807) is 7.11 Å². The second kappa shape index (κ2) is 8.99. The minimum atomic E-state index is -0.876. The van der Waals surface area contributed by atoms with Gasteiger partial charge in [0.1, 0.15) is 29.6 Å². The third kappa shape index (κ3) is 4.76. The zero-order valence-electron chi connectivity index (χ0n) is 15.3. The number of hydrogen-bond acceptors (Lipinski definition) is 5. The lowest BCUT2D eigenvalue weighted by molar-refractivity contribution is 0.0187. The van der Waals surface area contributed by atoms with Gasteiger partial charge in [-0.2, -0.15) is 0 Å². The van der Waals surface area contributed by atoms with Gasteiger partial charge in [-0.1, -0.05) is 18.2 Å². The molecule has 3 atom stereocenters. The molecular weight excluding hydrogens is 370 g/mol. The Morgan fingerprint density at radius 2 is 1.89 bits per heavy atom. The molecule has 2 aromatic carbocycles. The van der Waals surface area contributed by atoms with Crippen molar-refractivity contribution in [3.05, 3.63) is 65.2 Å². The van der Waals surface area contributed by atoms with E-state index in [1.807, 2.05) is 24.3 Å². The Morgan fingerprint density at radius 1 is 1.21 bits per heavy atom. The Bertz CT molecular complexity index is 796. The minimum absolute atomic E-state index is 0.251. The van der Waals surface area contributed by atoms with Gasteiger partial charge in [-0.25, -0.2) is 13.6 Å². The van der Waals surface area contributed by atoms with Crippen LogP contribution in [0.15, 0.2) is 42.5 Å². The molecule has 1 amide bonds. The van der Waals surface area contributed by atoms with Crippen molar-refractivity contribution in [3.8, 4) is 5.75 Å². The molecule has 1 aliphatic rings. The summed E-state index contributed by atoms with van der Waals surface area (Å²) in [5.41, 5.74) is 0.731. The third-order valence-corrected chi connectivity index (χ3v) is 4.69. The molecule has 0 unspecified atom stereocenters. The SMILES string of the molecule is COc1ccc(C[C@H]2NC[C@H](O)[C@H]2OC(=O)NCc2c(F)cccc2F)cc1. The van der Waals surface area contributed by atoms with Crippen LogP contribution in [0.4, 0.5) is 13.6 Å². The van der Waals surface area contributed by atoms with E-state index >= 15 is 0 Å². The van der Waals surface area contributed by atoms with Gasteiger partial charge < -0.3 is 25.2 Å². The largest absolute Gasteiger partial charge is 0.497 e. The Morgan fingerprint density at radius 3 is 2.54 bits per heavy atom. The van der Waals surface area contributed by atoms with Crippen molar-refractivity contribution in [2.75, 3.05) is 13.7 Å². The summed E-state index contributed by atoms with van der Waals surface area (Å²) in [4.78, 5) is 12.1. The van der Waals surface area contributed by atoms with Crippen LogP contribution < -0.4 is 15.4 Å². The van der Waals surface area contributed by atoms with E-state index in [9.17, 15) is 18.7 Å². The number of ether oxygens (including phenoxy) is 2. The highest BCUT2D eigenvalue weighted by atomic mass is 19.1. The molecule has 8 heteroatoms. The first-order valence-electron chi connectivity index (χ1n) is 8.89. The van der Waals surface area contributed by atoms with Crippen LogP contribution in [-0.2, 0) is 17.7 Å². The number of benzene rings is 2. The van der Waals surface area contributed by atoms with Crippen LogP contribution in [0.3, 0.4) is 0 Å². The molecule has 0 aliphatic carbocycles. The highest BCUT2D eigenvalue weighted by molar-refractivity contribution is 5.67. The van der Waals surface area contributed by atoms with Gasteiger partial charge in [-0.3, -0.25) is 0 Å². The first kappa shape index (κ1) is 20.0. The van der Waals surface area contributed by atoms with Crippen LogP contribution in [-0.4, -0.2) is 43.1 Å². The van der Waals surface area contributed by atoms with Crippen molar-refractivity contribution in [2.45, 2.75) is 31.2 Å². The van der Waals surface area contributed by atoms with E-state index < -0.39 is 29.9 Å². The summed E-state index contributed by atoms with van der Waals surface area (Å²) in [6, 6.07) is 10.6. The summed E-state index contributed by atoms with van der Waals surface area (Å²) in [5, 5.41) is 15.6. The molecule has 3 rings (SSSR count). The highest BCUT2D eigenvalue weighted by Crippen LogP contribution is 2.19. The molecule has 0 aromatic heterocycles. The number of carbonyl (C=O) groups excluding carboxylic acids is 1. The summed E-state index contributed by atoms with van der Waals surface area (Å²) >= 11 is 0. The van der Waals surface area contributed by atoms with Gasteiger partial charge in [0, 0.05) is 12.1 Å². The average molecular weight is 392 g/mol. The molecule has 0 bridgehead atoms. The Balaban J connectivity index is 1.58. The number of hydrogen-bond donors (Lipinski definition) is 3. The van der Waals surface area contributed by atoms with E-state index in [0.29, 0.717) is 6.42 Å². The number of β-amino-alcohol motifs (C(OH)–C–C–N with tert-alkyl or cyclic N) is 1. The highest BCUT2D eigenvalue weighted by Gasteiger charge is 2.37. The van der Waals surface area contributed by atoms with Crippen molar-refractivity contribution in [1.29, 1.82) is 0 Å². The topological polar surface area (TPSA) is 79.8 Å². The fourth-order valence-corrected chi connectivity index (χ4v) is 3.16. The smallest absolute Gasteiger partial charge is 0.407 e. The fraction of sp³-hybridized carbons (Fsp3) is 0.350. The normalized spacial score (nSPS) is 21.4. The van der Waals surface area contributed by atoms with Crippen molar-refractivity contribution in [1.82, 2.24) is 10.6 Å². The summed E-state index contributed by atoms with van der Waals surface area (Å²) in [6.07, 6.45) is -1.98. The van der Waals surface area contributed by atoms with Gasteiger partial charge in [-0.05, 0) is 36.2 Å². The quantitative estimate of drug-likeness (QED) is 0.702. The fourth-order valence-electron chi connectivity index (χ4n) is 3.16.